The van der Waals surface area contributed by atoms with Gasteiger partial charge in [-0.15, -0.1) is 0 Å². The number of para-hydroxylation sites is 1. The number of fused-ring (bicyclic) bond motifs is 1. The van der Waals surface area contributed by atoms with Crippen LogP contribution in [0.1, 0.15) is 38.8 Å². The lowest BCUT2D eigenvalue weighted by Crippen LogP contribution is -2.13. The van der Waals surface area contributed by atoms with Crippen LogP contribution in [-0.2, 0) is 0 Å². The summed E-state index contributed by atoms with van der Waals surface area (Å²) in [6.45, 7) is 6.58. The number of hydrogen-bond donors (Lipinski definition) is 1. The van der Waals surface area contributed by atoms with Gasteiger partial charge in [-0.1, -0.05) is 26.3 Å². The van der Waals surface area contributed by atoms with E-state index < -0.39 is 0 Å². The van der Waals surface area contributed by atoms with Crippen molar-refractivity contribution in [2.24, 2.45) is 5.92 Å². The fourth-order valence-corrected chi connectivity index (χ4v) is 2.61. The van der Waals surface area contributed by atoms with Crippen molar-refractivity contribution in [2.45, 2.75) is 33.2 Å². The van der Waals surface area contributed by atoms with Crippen molar-refractivity contribution in [2.75, 3.05) is 0 Å². The summed E-state index contributed by atoms with van der Waals surface area (Å²) in [4.78, 5) is 3.16. The summed E-state index contributed by atoms with van der Waals surface area (Å²) in [7, 11) is 0. The minimum Gasteiger partial charge on any atom is -0.329 e. The number of aromatic nitrogens is 2. The second-order valence-corrected chi connectivity index (χ2v) is 5.12. The SMILES string of the molecule is CCC(C)C(C)n1c(=S)[nH]c2c(C#N)cccc21. The maximum absolute atomic E-state index is 9.12. The molecule has 2 rings (SSSR count). The predicted molar refractivity (Wildman–Crippen MR) is 76.0 cm³/mol. The number of imidazole rings is 1. The molecule has 0 fully saturated rings. The molecule has 2 atom stereocenters. The minimum atomic E-state index is 0.324. The molecule has 18 heavy (non-hydrogen) atoms. The first-order chi connectivity index (χ1) is 8.60. The quantitative estimate of drug-likeness (QED) is 0.840. The van der Waals surface area contributed by atoms with Crippen LogP contribution < -0.4 is 0 Å². The minimum absolute atomic E-state index is 0.324. The second kappa shape index (κ2) is 4.95. The zero-order chi connectivity index (χ0) is 13.3. The summed E-state index contributed by atoms with van der Waals surface area (Å²) in [6.07, 6.45) is 1.10. The van der Waals surface area contributed by atoms with E-state index in [0.717, 1.165) is 17.5 Å². The molecule has 0 aliphatic heterocycles. The molecule has 2 aromatic rings. The molecule has 0 radical (unpaired) electrons. The normalized spacial score (nSPS) is 14.3. The van der Waals surface area contributed by atoms with Gasteiger partial charge in [0.05, 0.1) is 16.6 Å². The van der Waals surface area contributed by atoms with E-state index in [2.05, 4.69) is 36.4 Å². The van der Waals surface area contributed by atoms with E-state index in [1.165, 1.54) is 0 Å². The molecule has 94 valence electrons. The fourth-order valence-electron chi connectivity index (χ4n) is 2.24. The first-order valence-electron chi connectivity index (χ1n) is 6.23. The van der Waals surface area contributed by atoms with Crippen LogP contribution in [0.15, 0.2) is 18.2 Å². The molecule has 3 nitrogen and oxygen atoms in total. The molecule has 4 heteroatoms. The zero-order valence-electron chi connectivity index (χ0n) is 10.9. The van der Waals surface area contributed by atoms with Gasteiger partial charge < -0.3 is 9.55 Å². The van der Waals surface area contributed by atoms with E-state index in [1.807, 2.05) is 18.2 Å². The Balaban J connectivity index is 2.70. The molecule has 1 N–H and O–H groups in total. The van der Waals surface area contributed by atoms with Crippen molar-refractivity contribution < 1.29 is 0 Å². The highest BCUT2D eigenvalue weighted by Crippen LogP contribution is 2.27. The maximum Gasteiger partial charge on any atom is 0.178 e. The molecule has 0 aliphatic carbocycles. The van der Waals surface area contributed by atoms with Crippen molar-refractivity contribution in [1.29, 1.82) is 5.26 Å². The van der Waals surface area contributed by atoms with E-state index in [9.17, 15) is 0 Å². The molecular weight excluding hydrogens is 242 g/mol. The van der Waals surface area contributed by atoms with Gasteiger partial charge in [-0.25, -0.2) is 0 Å². The van der Waals surface area contributed by atoms with Crippen LogP contribution in [0.4, 0.5) is 0 Å². The lowest BCUT2D eigenvalue weighted by Gasteiger charge is -2.20. The van der Waals surface area contributed by atoms with E-state index in [0.29, 0.717) is 22.3 Å². The smallest absolute Gasteiger partial charge is 0.178 e. The van der Waals surface area contributed by atoms with Gasteiger partial charge in [0, 0.05) is 6.04 Å². The number of nitrogens with zero attached hydrogens (tertiary/aromatic N) is 2. The first-order valence-corrected chi connectivity index (χ1v) is 6.64. The van der Waals surface area contributed by atoms with E-state index in [1.54, 1.807) is 0 Å². The number of aromatic amines is 1. The van der Waals surface area contributed by atoms with Crippen LogP contribution in [0.3, 0.4) is 0 Å². The molecule has 0 aliphatic rings. The lowest BCUT2D eigenvalue weighted by molar-refractivity contribution is 0.374. The largest absolute Gasteiger partial charge is 0.329 e. The predicted octanol–water partition coefficient (Wildman–Crippen LogP) is 4.18. The molecule has 2 unspecified atom stereocenters. The Morgan fingerprint density at radius 1 is 1.44 bits per heavy atom. The number of benzene rings is 1. The summed E-state index contributed by atoms with van der Waals surface area (Å²) in [5, 5.41) is 9.12. The van der Waals surface area contributed by atoms with Crippen LogP contribution in [0.2, 0.25) is 0 Å². The number of H-pyrrole nitrogens is 1. The van der Waals surface area contributed by atoms with Crippen LogP contribution >= 0.6 is 12.2 Å². The van der Waals surface area contributed by atoms with Gasteiger partial charge in [0.2, 0.25) is 0 Å². The zero-order valence-corrected chi connectivity index (χ0v) is 11.7. The summed E-state index contributed by atoms with van der Waals surface area (Å²) in [5.41, 5.74) is 2.51. The third-order valence-corrected chi connectivity index (χ3v) is 4.05. The van der Waals surface area contributed by atoms with E-state index in [4.69, 9.17) is 17.5 Å². The first kappa shape index (κ1) is 12.8. The summed E-state index contributed by atoms with van der Waals surface area (Å²) in [6, 6.07) is 8.26. The van der Waals surface area contributed by atoms with Crippen LogP contribution in [0.5, 0.6) is 0 Å². The van der Waals surface area contributed by atoms with Gasteiger partial charge in [0.25, 0.3) is 0 Å². The van der Waals surface area contributed by atoms with Gasteiger partial charge in [0.15, 0.2) is 4.77 Å². The van der Waals surface area contributed by atoms with Crippen molar-refractivity contribution in [3.05, 3.63) is 28.5 Å². The van der Waals surface area contributed by atoms with Crippen molar-refractivity contribution in [1.82, 2.24) is 9.55 Å². The van der Waals surface area contributed by atoms with Crippen molar-refractivity contribution in [3.63, 3.8) is 0 Å². The number of rotatable bonds is 3. The highest BCUT2D eigenvalue weighted by molar-refractivity contribution is 7.71. The lowest BCUT2D eigenvalue weighted by atomic mass is 10.0. The Kier molecular flexibility index (Phi) is 3.53. The molecule has 1 heterocycles. The molecule has 0 bridgehead atoms. The second-order valence-electron chi connectivity index (χ2n) is 4.74. The Morgan fingerprint density at radius 3 is 2.78 bits per heavy atom. The Morgan fingerprint density at radius 2 is 2.17 bits per heavy atom. The monoisotopic (exact) mass is 259 g/mol. The molecule has 1 aromatic carbocycles. The number of hydrogen-bond acceptors (Lipinski definition) is 2. The molecular formula is C14H17N3S. The summed E-state index contributed by atoms with van der Waals surface area (Å²) < 4.78 is 2.82. The average Bonchev–Trinajstić information content (AvgIpc) is 2.72. The fraction of sp³-hybridized carbons (Fsp3) is 0.429. The Labute approximate surface area is 112 Å². The maximum atomic E-state index is 9.12. The molecule has 0 saturated heterocycles. The third-order valence-electron chi connectivity index (χ3n) is 3.75. The van der Waals surface area contributed by atoms with Gasteiger partial charge >= 0.3 is 0 Å². The number of nitriles is 1. The van der Waals surface area contributed by atoms with Gasteiger partial charge in [-0.05, 0) is 37.2 Å². The Hall–Kier alpha value is -1.60. The highest BCUT2D eigenvalue weighted by Gasteiger charge is 2.17. The highest BCUT2D eigenvalue weighted by atomic mass is 32.1. The van der Waals surface area contributed by atoms with E-state index in [-0.39, 0.29) is 0 Å². The van der Waals surface area contributed by atoms with Crippen molar-refractivity contribution >= 4 is 23.3 Å². The van der Waals surface area contributed by atoms with Crippen LogP contribution in [-0.4, -0.2) is 9.55 Å². The van der Waals surface area contributed by atoms with E-state index >= 15 is 0 Å². The standard InChI is InChI=1S/C14H17N3S/c1-4-9(2)10(3)17-12-7-5-6-11(8-15)13(12)16-14(17)18/h5-7,9-10H,4H2,1-3H3,(H,16,18). The van der Waals surface area contributed by atoms with Gasteiger partial charge in [0.1, 0.15) is 6.07 Å². The number of nitrogens with one attached hydrogen (secondary N) is 1. The van der Waals surface area contributed by atoms with Crippen LogP contribution in [0.25, 0.3) is 11.0 Å². The third kappa shape index (κ3) is 1.95. The molecule has 1 aromatic heterocycles. The topological polar surface area (TPSA) is 44.5 Å². The van der Waals surface area contributed by atoms with Gasteiger partial charge in [-0.3, -0.25) is 0 Å². The van der Waals surface area contributed by atoms with Gasteiger partial charge in [-0.2, -0.15) is 5.26 Å². The summed E-state index contributed by atoms with van der Waals surface area (Å²) >= 11 is 5.40. The molecule has 0 saturated carbocycles. The average molecular weight is 259 g/mol. The summed E-state index contributed by atoms with van der Waals surface area (Å²) in [5.74, 6) is 0.543. The Bertz CT molecular complexity index is 660. The molecule has 0 spiro atoms. The molecule has 0 amide bonds. The van der Waals surface area contributed by atoms with Crippen molar-refractivity contribution in [3.8, 4) is 6.07 Å². The van der Waals surface area contributed by atoms with Crippen LogP contribution in [0, 0.1) is 22.0 Å².